The van der Waals surface area contributed by atoms with E-state index in [0.717, 1.165) is 12.8 Å². The Labute approximate surface area is 115 Å². The molecule has 0 spiro atoms. The van der Waals surface area contributed by atoms with Gasteiger partial charge in [0.25, 0.3) is 0 Å². The second kappa shape index (κ2) is 8.33. The fourth-order valence-corrected chi connectivity index (χ4v) is 2.30. The number of hydrogen-bond acceptors (Lipinski definition) is 4. The van der Waals surface area contributed by atoms with Crippen LogP contribution in [-0.2, 0) is 9.53 Å². The number of rotatable bonds is 9. The van der Waals surface area contributed by atoms with E-state index in [9.17, 15) is 15.0 Å². The molecule has 0 aromatic carbocycles. The summed E-state index contributed by atoms with van der Waals surface area (Å²) in [6.45, 7) is 1.54. The van der Waals surface area contributed by atoms with Crippen LogP contribution in [0, 0.1) is 0 Å². The summed E-state index contributed by atoms with van der Waals surface area (Å²) < 4.78 is 5.06. The van der Waals surface area contributed by atoms with E-state index in [2.05, 4.69) is 6.92 Å². The molecule has 1 saturated heterocycles. The van der Waals surface area contributed by atoms with E-state index in [0.29, 0.717) is 12.0 Å². The van der Waals surface area contributed by atoms with Crippen molar-refractivity contribution in [3.8, 4) is 0 Å². The number of allylic oxidation sites excluding steroid dienone is 1. The van der Waals surface area contributed by atoms with Crippen LogP contribution in [-0.4, -0.2) is 35.0 Å². The van der Waals surface area contributed by atoms with E-state index in [1.54, 1.807) is 0 Å². The molecular formula is C15H26O4. The Morgan fingerprint density at radius 1 is 1.16 bits per heavy atom. The van der Waals surface area contributed by atoms with Crippen molar-refractivity contribution in [1.29, 1.82) is 0 Å². The summed E-state index contributed by atoms with van der Waals surface area (Å²) in [5.74, 6) is -0.394. The minimum atomic E-state index is -1.09. The van der Waals surface area contributed by atoms with Gasteiger partial charge in [-0.3, -0.25) is 0 Å². The van der Waals surface area contributed by atoms with Crippen LogP contribution >= 0.6 is 0 Å². The maximum Gasteiger partial charge on any atom is 0.334 e. The lowest BCUT2D eigenvalue weighted by atomic mass is 9.98. The highest BCUT2D eigenvalue weighted by Crippen LogP contribution is 2.30. The zero-order valence-corrected chi connectivity index (χ0v) is 11.9. The van der Waals surface area contributed by atoms with Crippen LogP contribution in [0.25, 0.3) is 0 Å². The van der Waals surface area contributed by atoms with Gasteiger partial charge in [-0.25, -0.2) is 4.79 Å². The van der Waals surface area contributed by atoms with Gasteiger partial charge in [0.05, 0.1) is 13.2 Å². The van der Waals surface area contributed by atoms with Crippen molar-refractivity contribution in [3.63, 3.8) is 0 Å². The Bertz CT molecular complexity index is 305. The molecule has 1 aliphatic heterocycles. The van der Waals surface area contributed by atoms with E-state index < -0.39 is 11.6 Å². The van der Waals surface area contributed by atoms with Gasteiger partial charge in [0.15, 0.2) is 5.60 Å². The zero-order valence-electron chi connectivity index (χ0n) is 11.9. The predicted octanol–water partition coefficient (Wildman–Crippen LogP) is 2.33. The first kappa shape index (κ1) is 16.2. The summed E-state index contributed by atoms with van der Waals surface area (Å²) >= 11 is 0. The summed E-state index contributed by atoms with van der Waals surface area (Å²) in [6, 6.07) is 0. The predicted molar refractivity (Wildman–Crippen MR) is 73.7 cm³/mol. The Hall–Kier alpha value is -0.870. The number of carbonyl (C=O) groups is 1. The number of esters is 1. The summed E-state index contributed by atoms with van der Waals surface area (Å²) in [6.07, 6.45) is 10.4. The molecule has 110 valence electrons. The van der Waals surface area contributed by atoms with Crippen LogP contribution in [0.15, 0.2) is 11.6 Å². The molecule has 19 heavy (non-hydrogen) atoms. The Balaban J connectivity index is 2.28. The smallest absolute Gasteiger partial charge is 0.334 e. The minimum absolute atomic E-state index is 0.314. The van der Waals surface area contributed by atoms with Crippen LogP contribution in [0.3, 0.4) is 0 Å². The number of ether oxygens (including phenoxy) is 1. The Morgan fingerprint density at radius 3 is 2.37 bits per heavy atom. The molecule has 1 rings (SSSR count). The molecule has 0 aromatic heterocycles. The van der Waals surface area contributed by atoms with Gasteiger partial charge >= 0.3 is 5.97 Å². The van der Waals surface area contributed by atoms with Crippen molar-refractivity contribution >= 4 is 5.97 Å². The molecule has 0 amide bonds. The molecule has 0 aliphatic carbocycles. The highest BCUT2D eigenvalue weighted by atomic mass is 16.6. The molecule has 0 bridgehead atoms. The summed E-state index contributed by atoms with van der Waals surface area (Å²) in [5.41, 5.74) is -0.499. The molecule has 1 aliphatic rings. The number of unbranched alkanes of at least 4 members (excludes halogenated alkanes) is 6. The largest absolute Gasteiger partial charge is 0.450 e. The van der Waals surface area contributed by atoms with Crippen LogP contribution < -0.4 is 0 Å². The third kappa shape index (κ3) is 4.96. The number of aliphatic hydroxyl groups is 2. The van der Waals surface area contributed by atoms with E-state index in [-0.39, 0.29) is 13.2 Å². The van der Waals surface area contributed by atoms with Gasteiger partial charge in [0.2, 0.25) is 0 Å². The first-order valence-electron chi connectivity index (χ1n) is 7.31. The molecular weight excluding hydrogens is 244 g/mol. The fraction of sp³-hybridized carbons (Fsp3) is 0.800. The second-order valence-electron chi connectivity index (χ2n) is 5.35. The first-order chi connectivity index (χ1) is 9.17. The first-order valence-corrected chi connectivity index (χ1v) is 7.31. The number of hydrogen-bond donors (Lipinski definition) is 2. The lowest BCUT2D eigenvalue weighted by molar-refractivity contribution is -0.154. The zero-order chi connectivity index (χ0) is 14.1. The standard InChI is InChI=1S/C15H26O4/c1-2-3-4-5-6-7-8-9-13-10-15(11-16,12-17)19-14(13)18/h9,16-17H,2-8,10-12H2,1H3/b13-9+. The van der Waals surface area contributed by atoms with Gasteiger partial charge in [-0.1, -0.05) is 45.1 Å². The lowest BCUT2D eigenvalue weighted by Crippen LogP contribution is -2.37. The van der Waals surface area contributed by atoms with Gasteiger partial charge in [-0.05, 0) is 12.8 Å². The van der Waals surface area contributed by atoms with Crippen LogP contribution in [0.5, 0.6) is 0 Å². The van der Waals surface area contributed by atoms with Crippen molar-refractivity contribution in [1.82, 2.24) is 0 Å². The molecule has 2 N–H and O–H groups in total. The van der Waals surface area contributed by atoms with E-state index in [1.807, 2.05) is 6.08 Å². The number of cyclic esters (lactones) is 1. The topological polar surface area (TPSA) is 66.8 Å². The third-order valence-corrected chi connectivity index (χ3v) is 3.61. The number of carbonyl (C=O) groups excluding carboxylic acids is 1. The fourth-order valence-electron chi connectivity index (χ4n) is 2.30. The van der Waals surface area contributed by atoms with Crippen molar-refractivity contribution in [2.45, 2.75) is 63.9 Å². The van der Waals surface area contributed by atoms with E-state index in [4.69, 9.17) is 4.74 Å². The molecule has 0 atom stereocenters. The molecule has 1 heterocycles. The van der Waals surface area contributed by atoms with Gasteiger partial charge < -0.3 is 14.9 Å². The quantitative estimate of drug-likeness (QED) is 0.383. The summed E-state index contributed by atoms with van der Waals surface area (Å²) in [4.78, 5) is 11.6. The molecule has 4 heteroatoms. The van der Waals surface area contributed by atoms with Crippen molar-refractivity contribution in [2.24, 2.45) is 0 Å². The van der Waals surface area contributed by atoms with Gasteiger partial charge in [-0.15, -0.1) is 0 Å². The monoisotopic (exact) mass is 270 g/mol. The van der Waals surface area contributed by atoms with Crippen LogP contribution in [0.4, 0.5) is 0 Å². The highest BCUT2D eigenvalue weighted by Gasteiger charge is 2.42. The summed E-state index contributed by atoms with van der Waals surface area (Å²) in [5, 5.41) is 18.4. The lowest BCUT2D eigenvalue weighted by Gasteiger charge is -2.21. The normalized spacial score (nSPS) is 19.9. The Kier molecular flexibility index (Phi) is 7.10. The molecule has 4 nitrogen and oxygen atoms in total. The van der Waals surface area contributed by atoms with Crippen molar-refractivity contribution in [3.05, 3.63) is 11.6 Å². The van der Waals surface area contributed by atoms with Crippen molar-refractivity contribution < 1.29 is 19.7 Å². The average Bonchev–Trinajstić information content (AvgIpc) is 2.75. The van der Waals surface area contributed by atoms with Crippen LogP contribution in [0.2, 0.25) is 0 Å². The van der Waals surface area contributed by atoms with E-state index >= 15 is 0 Å². The van der Waals surface area contributed by atoms with Crippen molar-refractivity contribution in [2.75, 3.05) is 13.2 Å². The van der Waals surface area contributed by atoms with E-state index in [1.165, 1.54) is 32.1 Å². The van der Waals surface area contributed by atoms with Gasteiger partial charge in [0, 0.05) is 12.0 Å². The SMILES string of the molecule is CCCCCCCC/C=C1\CC(CO)(CO)OC1=O. The molecule has 1 fully saturated rings. The van der Waals surface area contributed by atoms with Crippen LogP contribution in [0.1, 0.15) is 58.3 Å². The molecule has 0 radical (unpaired) electrons. The van der Waals surface area contributed by atoms with Gasteiger partial charge in [0.1, 0.15) is 0 Å². The minimum Gasteiger partial charge on any atom is -0.450 e. The highest BCUT2D eigenvalue weighted by molar-refractivity contribution is 5.91. The maximum absolute atomic E-state index is 11.6. The maximum atomic E-state index is 11.6. The molecule has 0 aromatic rings. The molecule has 0 unspecified atom stereocenters. The third-order valence-electron chi connectivity index (χ3n) is 3.61. The number of aliphatic hydroxyl groups excluding tert-OH is 2. The Morgan fingerprint density at radius 2 is 1.79 bits per heavy atom. The summed E-state index contributed by atoms with van der Waals surface area (Å²) in [7, 11) is 0. The molecule has 0 saturated carbocycles. The second-order valence-corrected chi connectivity index (χ2v) is 5.35. The average molecular weight is 270 g/mol. The van der Waals surface area contributed by atoms with Gasteiger partial charge in [-0.2, -0.15) is 0 Å².